The van der Waals surface area contributed by atoms with E-state index in [4.69, 9.17) is 5.73 Å². The summed E-state index contributed by atoms with van der Waals surface area (Å²) in [5.74, 6) is -0.520. The van der Waals surface area contributed by atoms with Gasteiger partial charge in [-0.2, -0.15) is 5.10 Å². The molecule has 1 aromatic carbocycles. The van der Waals surface area contributed by atoms with Crippen molar-refractivity contribution in [2.75, 3.05) is 6.54 Å². The average molecular weight is 302 g/mol. The number of hydrogen-bond acceptors (Lipinski definition) is 3. The smallest absolute Gasteiger partial charge is 0.272 e. The zero-order valence-corrected chi connectivity index (χ0v) is 12.3. The summed E-state index contributed by atoms with van der Waals surface area (Å²) in [6.45, 7) is 0.442. The van der Waals surface area contributed by atoms with Gasteiger partial charge in [-0.15, -0.1) is 0 Å². The second kappa shape index (κ2) is 5.88. The summed E-state index contributed by atoms with van der Waals surface area (Å²) >= 11 is 0. The van der Waals surface area contributed by atoms with E-state index in [0.29, 0.717) is 17.9 Å². The van der Waals surface area contributed by atoms with Gasteiger partial charge in [0.1, 0.15) is 5.82 Å². The lowest BCUT2D eigenvalue weighted by atomic mass is 9.97. The third kappa shape index (κ3) is 2.87. The lowest BCUT2D eigenvalue weighted by Gasteiger charge is -2.28. The highest BCUT2D eigenvalue weighted by atomic mass is 19.1. The lowest BCUT2D eigenvalue weighted by molar-refractivity contribution is 0.0897. The fourth-order valence-electron chi connectivity index (χ4n) is 2.92. The van der Waals surface area contributed by atoms with Crippen molar-refractivity contribution in [1.82, 2.24) is 15.1 Å². The molecule has 1 fully saturated rings. The molecular weight excluding hydrogens is 283 g/mol. The standard InChI is InChI=1S/C16H19FN4O/c17-12-3-5-13(6-4-12)21-10-7-14(20-21)15(22)19-16(11-18)8-1-2-9-16/h3-7,10H,1-2,8-9,11,18H2,(H,19,22). The van der Waals surface area contributed by atoms with E-state index in [1.165, 1.54) is 12.1 Å². The zero-order chi connectivity index (χ0) is 15.6. The molecule has 0 spiro atoms. The first-order chi connectivity index (χ1) is 10.6. The molecular formula is C16H19FN4O. The number of amides is 1. The highest BCUT2D eigenvalue weighted by Crippen LogP contribution is 2.28. The van der Waals surface area contributed by atoms with Crippen LogP contribution in [-0.4, -0.2) is 27.8 Å². The Hall–Kier alpha value is -2.21. The van der Waals surface area contributed by atoms with E-state index in [1.54, 1.807) is 29.1 Å². The Morgan fingerprint density at radius 2 is 1.95 bits per heavy atom. The van der Waals surface area contributed by atoms with Crippen molar-refractivity contribution >= 4 is 5.91 Å². The summed E-state index contributed by atoms with van der Waals surface area (Å²) in [5.41, 5.74) is 6.58. The van der Waals surface area contributed by atoms with Gasteiger partial charge in [0.15, 0.2) is 5.69 Å². The number of hydrogen-bond donors (Lipinski definition) is 2. The molecule has 5 nitrogen and oxygen atoms in total. The summed E-state index contributed by atoms with van der Waals surface area (Å²) in [6.07, 6.45) is 5.68. The summed E-state index contributed by atoms with van der Waals surface area (Å²) in [7, 11) is 0. The van der Waals surface area contributed by atoms with Crippen LogP contribution in [0.2, 0.25) is 0 Å². The van der Waals surface area contributed by atoms with Gasteiger partial charge in [-0.05, 0) is 43.2 Å². The van der Waals surface area contributed by atoms with Crippen molar-refractivity contribution in [3.05, 3.63) is 48.0 Å². The van der Waals surface area contributed by atoms with Crippen LogP contribution in [0.5, 0.6) is 0 Å². The van der Waals surface area contributed by atoms with Gasteiger partial charge in [-0.3, -0.25) is 4.79 Å². The number of halogens is 1. The fourth-order valence-corrected chi connectivity index (χ4v) is 2.92. The van der Waals surface area contributed by atoms with E-state index in [9.17, 15) is 9.18 Å². The second-order valence-electron chi connectivity index (χ2n) is 5.77. The molecule has 3 N–H and O–H groups in total. The van der Waals surface area contributed by atoms with Gasteiger partial charge in [-0.25, -0.2) is 9.07 Å². The van der Waals surface area contributed by atoms with Crippen LogP contribution in [0.25, 0.3) is 5.69 Å². The van der Waals surface area contributed by atoms with Crippen molar-refractivity contribution in [2.45, 2.75) is 31.2 Å². The second-order valence-corrected chi connectivity index (χ2v) is 5.77. The highest BCUT2D eigenvalue weighted by Gasteiger charge is 2.34. The molecule has 0 unspecified atom stereocenters. The van der Waals surface area contributed by atoms with Gasteiger partial charge in [-0.1, -0.05) is 12.8 Å². The van der Waals surface area contributed by atoms with E-state index in [-0.39, 0.29) is 17.3 Å². The van der Waals surface area contributed by atoms with E-state index in [0.717, 1.165) is 25.7 Å². The molecule has 6 heteroatoms. The summed E-state index contributed by atoms with van der Waals surface area (Å²) in [6, 6.07) is 7.60. The quantitative estimate of drug-likeness (QED) is 0.907. The number of carbonyl (C=O) groups excluding carboxylic acids is 1. The van der Waals surface area contributed by atoms with Crippen LogP contribution in [0.1, 0.15) is 36.2 Å². The van der Waals surface area contributed by atoms with Crippen LogP contribution in [0.3, 0.4) is 0 Å². The van der Waals surface area contributed by atoms with Crippen LogP contribution in [0, 0.1) is 5.82 Å². The first-order valence-electron chi connectivity index (χ1n) is 7.46. The van der Waals surface area contributed by atoms with E-state index in [2.05, 4.69) is 10.4 Å². The fraction of sp³-hybridized carbons (Fsp3) is 0.375. The van der Waals surface area contributed by atoms with Crippen molar-refractivity contribution in [1.29, 1.82) is 0 Å². The average Bonchev–Trinajstić information content (AvgIpc) is 3.18. The molecule has 1 aromatic heterocycles. The Balaban J connectivity index is 1.75. The molecule has 1 amide bonds. The number of rotatable bonds is 4. The molecule has 3 rings (SSSR count). The van der Waals surface area contributed by atoms with Crippen molar-refractivity contribution in [3.8, 4) is 5.69 Å². The minimum atomic E-state index is -0.306. The predicted molar refractivity (Wildman–Crippen MR) is 81.2 cm³/mol. The number of benzene rings is 1. The molecule has 0 aliphatic heterocycles. The Bertz CT molecular complexity index is 659. The molecule has 0 bridgehead atoms. The number of carbonyl (C=O) groups is 1. The Morgan fingerprint density at radius 3 is 2.59 bits per heavy atom. The molecule has 0 radical (unpaired) electrons. The van der Waals surface area contributed by atoms with Gasteiger partial charge in [0.2, 0.25) is 0 Å². The topological polar surface area (TPSA) is 72.9 Å². The van der Waals surface area contributed by atoms with Crippen LogP contribution in [0.15, 0.2) is 36.5 Å². The number of nitrogens with zero attached hydrogens (tertiary/aromatic N) is 2. The first-order valence-corrected chi connectivity index (χ1v) is 7.46. The molecule has 0 atom stereocenters. The monoisotopic (exact) mass is 302 g/mol. The first kappa shape index (κ1) is 14.7. The number of nitrogens with one attached hydrogen (secondary N) is 1. The van der Waals surface area contributed by atoms with Crippen molar-refractivity contribution in [3.63, 3.8) is 0 Å². The van der Waals surface area contributed by atoms with Crippen LogP contribution >= 0.6 is 0 Å². The van der Waals surface area contributed by atoms with Gasteiger partial charge in [0, 0.05) is 12.7 Å². The lowest BCUT2D eigenvalue weighted by Crippen LogP contribution is -2.51. The number of nitrogens with two attached hydrogens (primary N) is 1. The van der Waals surface area contributed by atoms with Gasteiger partial charge in [0.25, 0.3) is 5.91 Å². The molecule has 1 saturated carbocycles. The Morgan fingerprint density at radius 1 is 1.27 bits per heavy atom. The molecule has 1 aliphatic carbocycles. The van der Waals surface area contributed by atoms with Crippen molar-refractivity contribution in [2.24, 2.45) is 5.73 Å². The third-order valence-corrected chi connectivity index (χ3v) is 4.24. The van der Waals surface area contributed by atoms with Gasteiger partial charge in [0.05, 0.1) is 11.2 Å². The zero-order valence-electron chi connectivity index (χ0n) is 12.3. The third-order valence-electron chi connectivity index (χ3n) is 4.24. The largest absolute Gasteiger partial charge is 0.344 e. The minimum absolute atomic E-state index is 0.215. The number of aromatic nitrogens is 2. The van der Waals surface area contributed by atoms with E-state index < -0.39 is 0 Å². The summed E-state index contributed by atoms with van der Waals surface area (Å²) < 4.78 is 14.5. The van der Waals surface area contributed by atoms with Gasteiger partial charge < -0.3 is 11.1 Å². The SMILES string of the molecule is NCC1(NC(=O)c2ccn(-c3ccc(F)cc3)n2)CCCC1. The van der Waals surface area contributed by atoms with Crippen LogP contribution in [-0.2, 0) is 0 Å². The maximum atomic E-state index is 12.9. The molecule has 0 saturated heterocycles. The van der Waals surface area contributed by atoms with E-state index >= 15 is 0 Å². The summed E-state index contributed by atoms with van der Waals surface area (Å²) in [5, 5.41) is 7.29. The molecule has 2 aromatic rings. The maximum absolute atomic E-state index is 12.9. The van der Waals surface area contributed by atoms with Gasteiger partial charge >= 0.3 is 0 Å². The molecule has 116 valence electrons. The van der Waals surface area contributed by atoms with Crippen LogP contribution in [0.4, 0.5) is 4.39 Å². The summed E-state index contributed by atoms with van der Waals surface area (Å²) in [4.78, 5) is 12.4. The molecule has 1 heterocycles. The molecule has 22 heavy (non-hydrogen) atoms. The van der Waals surface area contributed by atoms with Crippen LogP contribution < -0.4 is 11.1 Å². The minimum Gasteiger partial charge on any atom is -0.344 e. The maximum Gasteiger partial charge on any atom is 0.272 e. The highest BCUT2D eigenvalue weighted by molar-refractivity contribution is 5.92. The van der Waals surface area contributed by atoms with Crippen molar-refractivity contribution < 1.29 is 9.18 Å². The Labute approximate surface area is 128 Å². The molecule has 1 aliphatic rings. The van der Waals surface area contributed by atoms with E-state index in [1.807, 2.05) is 0 Å². The predicted octanol–water partition coefficient (Wildman–Crippen LogP) is 2.01. The Kier molecular flexibility index (Phi) is 3.94. The normalized spacial score (nSPS) is 16.6.